The first-order chi connectivity index (χ1) is 7.07. The molecule has 0 aromatic heterocycles. The molecule has 2 atom stereocenters. The summed E-state index contributed by atoms with van der Waals surface area (Å²) < 4.78 is 0. The predicted molar refractivity (Wildman–Crippen MR) is 61.7 cm³/mol. The molecule has 0 saturated heterocycles. The van der Waals surface area contributed by atoms with Crippen molar-refractivity contribution in [1.82, 2.24) is 0 Å². The first-order valence-corrected chi connectivity index (χ1v) is 5.61. The van der Waals surface area contributed by atoms with Crippen molar-refractivity contribution in [3.8, 4) is 0 Å². The van der Waals surface area contributed by atoms with Crippen LogP contribution < -0.4 is 5.73 Å². The highest BCUT2D eigenvalue weighted by Gasteiger charge is 2.35. The quantitative estimate of drug-likeness (QED) is 0.773. The summed E-state index contributed by atoms with van der Waals surface area (Å²) in [7, 11) is 0. The van der Waals surface area contributed by atoms with Crippen LogP contribution in [0.5, 0.6) is 0 Å². The van der Waals surface area contributed by atoms with Gasteiger partial charge in [-0.1, -0.05) is 29.8 Å². The molecular weight excluding hydrogens is 186 g/mol. The molecule has 15 heavy (non-hydrogen) atoms. The summed E-state index contributed by atoms with van der Waals surface area (Å²) in [6.45, 7) is 2.08. The standard InChI is InChI=1S/C13H19NO/c1-10-3-2-4-11(7-10)8-13(15)6-5-12(14)9-13/h2-4,7,12,15H,5-6,8-9,14H2,1H3. The van der Waals surface area contributed by atoms with E-state index in [1.165, 1.54) is 11.1 Å². The third kappa shape index (κ3) is 2.58. The third-order valence-corrected chi connectivity index (χ3v) is 3.24. The highest BCUT2D eigenvalue weighted by atomic mass is 16.3. The number of aryl methyl sites for hydroxylation is 1. The molecule has 0 aliphatic heterocycles. The van der Waals surface area contributed by atoms with Crippen molar-refractivity contribution in [2.75, 3.05) is 0 Å². The first kappa shape index (κ1) is 10.7. The molecule has 0 radical (unpaired) electrons. The molecule has 1 aliphatic rings. The van der Waals surface area contributed by atoms with Crippen LogP contribution in [0.3, 0.4) is 0 Å². The number of hydrogen-bond acceptors (Lipinski definition) is 2. The van der Waals surface area contributed by atoms with Gasteiger partial charge >= 0.3 is 0 Å². The maximum atomic E-state index is 10.3. The van der Waals surface area contributed by atoms with Gasteiger partial charge in [0, 0.05) is 12.5 Å². The number of rotatable bonds is 2. The average Bonchev–Trinajstić information content (AvgIpc) is 2.45. The molecule has 2 nitrogen and oxygen atoms in total. The molecular formula is C13H19NO. The van der Waals surface area contributed by atoms with Crippen LogP contribution >= 0.6 is 0 Å². The van der Waals surface area contributed by atoms with Gasteiger partial charge in [-0.2, -0.15) is 0 Å². The maximum absolute atomic E-state index is 10.3. The molecule has 1 aromatic rings. The van der Waals surface area contributed by atoms with E-state index >= 15 is 0 Å². The summed E-state index contributed by atoms with van der Waals surface area (Å²) in [6, 6.07) is 8.52. The molecule has 0 bridgehead atoms. The molecule has 0 amide bonds. The van der Waals surface area contributed by atoms with Crippen LogP contribution in [0.25, 0.3) is 0 Å². The van der Waals surface area contributed by atoms with Crippen molar-refractivity contribution >= 4 is 0 Å². The molecule has 82 valence electrons. The van der Waals surface area contributed by atoms with E-state index in [1.54, 1.807) is 0 Å². The number of nitrogens with two attached hydrogens (primary N) is 1. The van der Waals surface area contributed by atoms with E-state index < -0.39 is 5.60 Å². The number of benzene rings is 1. The Labute approximate surface area is 91.1 Å². The smallest absolute Gasteiger partial charge is 0.0703 e. The van der Waals surface area contributed by atoms with Gasteiger partial charge in [-0.3, -0.25) is 0 Å². The monoisotopic (exact) mass is 205 g/mol. The summed E-state index contributed by atoms with van der Waals surface area (Å²) in [5, 5.41) is 10.3. The Balaban J connectivity index is 2.08. The molecule has 1 aromatic carbocycles. The van der Waals surface area contributed by atoms with Crippen molar-refractivity contribution < 1.29 is 5.11 Å². The van der Waals surface area contributed by atoms with Crippen molar-refractivity contribution in [1.29, 1.82) is 0 Å². The van der Waals surface area contributed by atoms with Gasteiger partial charge in [-0.25, -0.2) is 0 Å². The SMILES string of the molecule is Cc1cccc(CC2(O)CCC(N)C2)c1. The van der Waals surface area contributed by atoms with Crippen molar-refractivity contribution in [3.63, 3.8) is 0 Å². The zero-order valence-corrected chi connectivity index (χ0v) is 9.24. The normalized spacial score (nSPS) is 30.7. The fraction of sp³-hybridized carbons (Fsp3) is 0.538. The molecule has 1 saturated carbocycles. The molecule has 1 aliphatic carbocycles. The topological polar surface area (TPSA) is 46.2 Å². The molecule has 2 rings (SSSR count). The minimum atomic E-state index is -0.562. The minimum absolute atomic E-state index is 0.180. The lowest BCUT2D eigenvalue weighted by Crippen LogP contribution is -2.30. The third-order valence-electron chi connectivity index (χ3n) is 3.24. The van der Waals surface area contributed by atoms with Crippen LogP contribution in [0, 0.1) is 6.92 Å². The molecule has 1 fully saturated rings. The number of hydrogen-bond donors (Lipinski definition) is 2. The van der Waals surface area contributed by atoms with Gasteiger partial charge in [0.25, 0.3) is 0 Å². The predicted octanol–water partition coefficient (Wildman–Crippen LogP) is 1.78. The summed E-state index contributed by atoms with van der Waals surface area (Å²) >= 11 is 0. The van der Waals surface area contributed by atoms with Crippen LogP contribution in [0.1, 0.15) is 30.4 Å². The summed E-state index contributed by atoms with van der Waals surface area (Å²) in [4.78, 5) is 0. The fourth-order valence-electron chi connectivity index (χ4n) is 2.51. The molecule has 2 heteroatoms. The highest BCUT2D eigenvalue weighted by molar-refractivity contribution is 5.24. The summed E-state index contributed by atoms with van der Waals surface area (Å²) in [5.41, 5.74) is 7.73. The zero-order chi connectivity index (χ0) is 10.9. The Morgan fingerprint density at radius 2 is 2.33 bits per heavy atom. The van der Waals surface area contributed by atoms with Crippen LogP contribution in [-0.4, -0.2) is 16.7 Å². The second kappa shape index (κ2) is 3.95. The summed E-state index contributed by atoms with van der Waals surface area (Å²) in [6.07, 6.45) is 3.26. The van der Waals surface area contributed by atoms with E-state index in [-0.39, 0.29) is 6.04 Å². The van der Waals surface area contributed by atoms with Gasteiger partial charge in [0.05, 0.1) is 5.60 Å². The zero-order valence-electron chi connectivity index (χ0n) is 9.24. The van der Waals surface area contributed by atoms with Gasteiger partial charge in [0.2, 0.25) is 0 Å². The Bertz CT molecular complexity index is 350. The Morgan fingerprint density at radius 1 is 1.53 bits per heavy atom. The Morgan fingerprint density at radius 3 is 2.93 bits per heavy atom. The lowest BCUT2D eigenvalue weighted by molar-refractivity contribution is 0.0468. The molecule has 3 N–H and O–H groups in total. The van der Waals surface area contributed by atoms with Gasteiger partial charge < -0.3 is 10.8 Å². The van der Waals surface area contributed by atoms with Crippen molar-refractivity contribution in [2.24, 2.45) is 5.73 Å². The molecule has 0 heterocycles. The van der Waals surface area contributed by atoms with Crippen LogP contribution in [0.2, 0.25) is 0 Å². The largest absolute Gasteiger partial charge is 0.389 e. The van der Waals surface area contributed by atoms with E-state index in [0.717, 1.165) is 25.7 Å². The van der Waals surface area contributed by atoms with Gasteiger partial charge in [-0.15, -0.1) is 0 Å². The van der Waals surface area contributed by atoms with Gasteiger partial charge in [0.1, 0.15) is 0 Å². The molecule has 0 spiro atoms. The lowest BCUT2D eigenvalue weighted by Gasteiger charge is -2.22. The maximum Gasteiger partial charge on any atom is 0.0703 e. The summed E-state index contributed by atoms with van der Waals surface area (Å²) in [5.74, 6) is 0. The number of aliphatic hydroxyl groups is 1. The Kier molecular flexibility index (Phi) is 2.81. The Hall–Kier alpha value is -0.860. The van der Waals surface area contributed by atoms with Gasteiger partial charge in [0.15, 0.2) is 0 Å². The first-order valence-electron chi connectivity index (χ1n) is 5.61. The molecule has 2 unspecified atom stereocenters. The minimum Gasteiger partial charge on any atom is -0.389 e. The average molecular weight is 205 g/mol. The van der Waals surface area contributed by atoms with E-state index in [2.05, 4.69) is 25.1 Å². The second-order valence-electron chi connectivity index (χ2n) is 4.89. The van der Waals surface area contributed by atoms with Crippen LogP contribution in [-0.2, 0) is 6.42 Å². The van der Waals surface area contributed by atoms with Gasteiger partial charge in [-0.05, 0) is 31.7 Å². The van der Waals surface area contributed by atoms with Crippen molar-refractivity contribution in [2.45, 2.75) is 44.2 Å². The van der Waals surface area contributed by atoms with E-state index in [4.69, 9.17) is 5.73 Å². The fourth-order valence-corrected chi connectivity index (χ4v) is 2.51. The van der Waals surface area contributed by atoms with E-state index in [1.807, 2.05) is 6.07 Å². The lowest BCUT2D eigenvalue weighted by atomic mass is 9.92. The van der Waals surface area contributed by atoms with Crippen LogP contribution in [0.15, 0.2) is 24.3 Å². The van der Waals surface area contributed by atoms with E-state index in [0.29, 0.717) is 0 Å². The van der Waals surface area contributed by atoms with Crippen molar-refractivity contribution in [3.05, 3.63) is 35.4 Å². The van der Waals surface area contributed by atoms with Crippen LogP contribution in [0.4, 0.5) is 0 Å². The highest BCUT2D eigenvalue weighted by Crippen LogP contribution is 2.32. The second-order valence-corrected chi connectivity index (χ2v) is 4.89. The van der Waals surface area contributed by atoms with E-state index in [9.17, 15) is 5.11 Å².